The Bertz CT molecular complexity index is 1140. The normalized spacial score (nSPS) is 12.8. The third-order valence-electron chi connectivity index (χ3n) is 4.26. The molecule has 2 aromatic carbocycles. The summed E-state index contributed by atoms with van der Waals surface area (Å²) >= 11 is 19.4. The molecule has 0 amide bonds. The Morgan fingerprint density at radius 3 is 2.40 bits per heavy atom. The van der Waals surface area contributed by atoms with Crippen LogP contribution in [0.4, 0.5) is 0 Å². The molecule has 11 heteroatoms. The maximum absolute atomic E-state index is 12.7. The van der Waals surface area contributed by atoms with Crippen molar-refractivity contribution in [2.45, 2.75) is 42.2 Å². The van der Waals surface area contributed by atoms with Gasteiger partial charge in [0, 0.05) is 17.3 Å². The molecule has 3 rings (SSSR count). The van der Waals surface area contributed by atoms with Crippen molar-refractivity contribution in [2.24, 2.45) is 0 Å². The van der Waals surface area contributed by atoms with Gasteiger partial charge in [0.15, 0.2) is 11.0 Å². The molecule has 1 atom stereocenters. The Hall–Kier alpha value is -1.29. The minimum absolute atomic E-state index is 0.135. The number of sulfonamides is 1. The number of rotatable bonds is 8. The summed E-state index contributed by atoms with van der Waals surface area (Å²) < 4.78 is 29.9. The summed E-state index contributed by atoms with van der Waals surface area (Å²) in [7, 11) is -3.73. The molecule has 1 N–H and O–H groups in total. The molecule has 30 heavy (non-hydrogen) atoms. The molecule has 160 valence electrons. The molecule has 0 radical (unpaired) electrons. The first kappa shape index (κ1) is 23.4. The van der Waals surface area contributed by atoms with Crippen LogP contribution < -0.4 is 4.72 Å². The highest BCUT2D eigenvalue weighted by atomic mass is 35.5. The molecule has 1 heterocycles. The molecule has 0 saturated carbocycles. The highest BCUT2D eigenvalue weighted by Crippen LogP contribution is 2.28. The third-order valence-corrected chi connectivity index (χ3v) is 7.84. The van der Waals surface area contributed by atoms with Crippen LogP contribution in [0.3, 0.4) is 0 Å². The summed E-state index contributed by atoms with van der Waals surface area (Å²) in [6.45, 7) is 4.28. The number of thioether (sulfide) groups is 1. The predicted molar refractivity (Wildman–Crippen MR) is 122 cm³/mol. The Kier molecular flexibility index (Phi) is 7.71. The number of aromatic nitrogens is 3. The summed E-state index contributed by atoms with van der Waals surface area (Å²) in [5, 5.41) is 10.6. The number of halogens is 3. The van der Waals surface area contributed by atoms with E-state index in [2.05, 4.69) is 14.9 Å². The number of hydrogen-bond acceptors (Lipinski definition) is 5. The Balaban J connectivity index is 1.75. The van der Waals surface area contributed by atoms with E-state index in [0.717, 1.165) is 5.56 Å². The molecule has 0 aliphatic heterocycles. The first-order valence-corrected chi connectivity index (χ1v) is 12.6. The monoisotopic (exact) mass is 504 g/mol. The van der Waals surface area contributed by atoms with Crippen molar-refractivity contribution in [3.05, 3.63) is 68.9 Å². The van der Waals surface area contributed by atoms with Gasteiger partial charge in [-0.1, -0.05) is 52.6 Å². The number of nitrogens with one attached hydrogen (secondary N) is 1. The number of nitrogens with zero attached hydrogens (tertiary/aromatic N) is 3. The molecule has 1 aromatic heterocycles. The van der Waals surface area contributed by atoms with E-state index in [-0.39, 0.29) is 4.90 Å². The first-order valence-electron chi connectivity index (χ1n) is 8.99. The Morgan fingerprint density at radius 1 is 1.07 bits per heavy atom. The third kappa shape index (κ3) is 5.49. The van der Waals surface area contributed by atoms with Gasteiger partial charge in [-0.05, 0) is 55.8 Å². The summed E-state index contributed by atoms with van der Waals surface area (Å²) in [6, 6.07) is 10.9. The van der Waals surface area contributed by atoms with Crippen molar-refractivity contribution in [3.8, 4) is 0 Å². The Morgan fingerprint density at radius 2 is 1.77 bits per heavy atom. The molecule has 0 aliphatic carbocycles. The van der Waals surface area contributed by atoms with Gasteiger partial charge < -0.3 is 4.57 Å². The van der Waals surface area contributed by atoms with Crippen molar-refractivity contribution in [2.75, 3.05) is 0 Å². The van der Waals surface area contributed by atoms with Crippen LogP contribution in [0.15, 0.2) is 52.5 Å². The fraction of sp³-hybridized carbons (Fsp3) is 0.263. The lowest BCUT2D eigenvalue weighted by atomic mass is 10.2. The van der Waals surface area contributed by atoms with E-state index in [1.54, 1.807) is 13.0 Å². The minimum Gasteiger partial charge on any atom is -0.305 e. The van der Waals surface area contributed by atoms with E-state index >= 15 is 0 Å². The molecule has 0 fully saturated rings. The fourth-order valence-electron chi connectivity index (χ4n) is 2.77. The zero-order chi connectivity index (χ0) is 21.9. The maximum Gasteiger partial charge on any atom is 0.241 e. The molecule has 0 bridgehead atoms. The second-order valence-electron chi connectivity index (χ2n) is 6.42. The van der Waals surface area contributed by atoms with Crippen molar-refractivity contribution in [1.82, 2.24) is 19.5 Å². The van der Waals surface area contributed by atoms with Crippen LogP contribution in [0.5, 0.6) is 0 Å². The van der Waals surface area contributed by atoms with Gasteiger partial charge in [-0.2, -0.15) is 0 Å². The molecular formula is C19H19Cl3N4O2S2. The molecule has 0 saturated heterocycles. The van der Waals surface area contributed by atoms with Crippen LogP contribution in [0, 0.1) is 0 Å². The van der Waals surface area contributed by atoms with Gasteiger partial charge in [0.1, 0.15) is 0 Å². The van der Waals surface area contributed by atoms with Crippen molar-refractivity contribution in [1.29, 1.82) is 0 Å². The zero-order valence-corrected chi connectivity index (χ0v) is 20.0. The lowest BCUT2D eigenvalue weighted by Crippen LogP contribution is -2.29. The largest absolute Gasteiger partial charge is 0.305 e. The van der Waals surface area contributed by atoms with Crippen LogP contribution in [-0.4, -0.2) is 23.2 Å². The number of hydrogen-bond donors (Lipinski definition) is 1. The van der Waals surface area contributed by atoms with Gasteiger partial charge in [0.25, 0.3) is 0 Å². The van der Waals surface area contributed by atoms with Crippen LogP contribution in [0.2, 0.25) is 15.1 Å². The van der Waals surface area contributed by atoms with Crippen LogP contribution in [0.1, 0.15) is 31.3 Å². The molecule has 6 nitrogen and oxygen atoms in total. The van der Waals surface area contributed by atoms with Gasteiger partial charge >= 0.3 is 0 Å². The highest BCUT2D eigenvalue weighted by molar-refractivity contribution is 7.98. The molecule has 0 unspecified atom stereocenters. The topological polar surface area (TPSA) is 76.9 Å². The highest BCUT2D eigenvalue weighted by Gasteiger charge is 2.23. The van der Waals surface area contributed by atoms with Gasteiger partial charge in [-0.3, -0.25) is 0 Å². The van der Waals surface area contributed by atoms with E-state index in [1.807, 2.05) is 23.6 Å². The van der Waals surface area contributed by atoms with Crippen LogP contribution in [0.25, 0.3) is 0 Å². The second kappa shape index (κ2) is 9.89. The predicted octanol–water partition coefficient (Wildman–Crippen LogP) is 5.59. The second-order valence-corrected chi connectivity index (χ2v) is 10.3. The molecule has 3 aromatic rings. The van der Waals surface area contributed by atoms with Gasteiger partial charge in [0.2, 0.25) is 10.0 Å². The first-order chi connectivity index (χ1) is 14.2. The van der Waals surface area contributed by atoms with E-state index in [0.29, 0.717) is 38.3 Å². The van der Waals surface area contributed by atoms with Gasteiger partial charge in [-0.25, -0.2) is 13.1 Å². The lowest BCUT2D eigenvalue weighted by molar-refractivity contribution is 0.539. The van der Waals surface area contributed by atoms with Gasteiger partial charge in [0.05, 0.1) is 21.0 Å². The molecule has 0 spiro atoms. The van der Waals surface area contributed by atoms with Crippen molar-refractivity contribution in [3.63, 3.8) is 0 Å². The van der Waals surface area contributed by atoms with E-state index < -0.39 is 16.1 Å². The molecular weight excluding hydrogens is 487 g/mol. The zero-order valence-electron chi connectivity index (χ0n) is 16.1. The van der Waals surface area contributed by atoms with E-state index in [4.69, 9.17) is 34.8 Å². The number of benzene rings is 2. The smallest absolute Gasteiger partial charge is 0.241 e. The molecule has 0 aliphatic rings. The Labute approximate surface area is 195 Å². The SMILES string of the molecule is CCn1c(SCc2ccc(Cl)c(Cl)c2)nnc1[C@H](C)NS(=O)(=O)c1ccc(Cl)cc1. The quantitative estimate of drug-likeness (QED) is 0.404. The van der Waals surface area contributed by atoms with Crippen molar-refractivity contribution >= 4 is 56.6 Å². The maximum atomic E-state index is 12.7. The van der Waals surface area contributed by atoms with E-state index in [1.165, 1.54) is 36.0 Å². The summed E-state index contributed by atoms with van der Waals surface area (Å²) in [4.78, 5) is 0.135. The summed E-state index contributed by atoms with van der Waals surface area (Å²) in [5.41, 5.74) is 0.998. The van der Waals surface area contributed by atoms with Crippen molar-refractivity contribution < 1.29 is 8.42 Å². The minimum atomic E-state index is -3.73. The van der Waals surface area contributed by atoms with Crippen LogP contribution >= 0.6 is 46.6 Å². The van der Waals surface area contributed by atoms with Crippen LogP contribution in [-0.2, 0) is 22.3 Å². The standard InChI is InChI=1S/C19H19Cl3N4O2S2/c1-3-26-18(12(2)25-30(27,28)15-7-5-14(20)6-8-15)23-24-19(26)29-11-13-4-9-16(21)17(22)10-13/h4-10,12,25H,3,11H2,1-2H3/t12-/m0/s1. The summed E-state index contributed by atoms with van der Waals surface area (Å²) in [6.07, 6.45) is 0. The lowest BCUT2D eigenvalue weighted by Gasteiger charge is -2.15. The van der Waals surface area contributed by atoms with Gasteiger partial charge in [-0.15, -0.1) is 10.2 Å². The summed E-state index contributed by atoms with van der Waals surface area (Å²) in [5.74, 6) is 1.16. The fourth-order valence-corrected chi connectivity index (χ4v) is 5.37. The average molecular weight is 506 g/mol. The van der Waals surface area contributed by atoms with E-state index in [9.17, 15) is 8.42 Å². The average Bonchev–Trinajstić information content (AvgIpc) is 3.12.